The molecule has 3 rings (SSSR count). The molecule has 0 bridgehead atoms. The van der Waals surface area contributed by atoms with Crippen molar-refractivity contribution in [3.05, 3.63) is 78.9 Å². The Hall–Kier alpha value is -2.79. The summed E-state index contributed by atoms with van der Waals surface area (Å²) in [4.78, 5) is 0.190. The molecular formula is C19H17NO3S. The van der Waals surface area contributed by atoms with E-state index in [-0.39, 0.29) is 4.90 Å². The average Bonchev–Trinajstić information content (AvgIpc) is 2.63. The normalized spacial score (nSPS) is 11.0. The summed E-state index contributed by atoms with van der Waals surface area (Å²) in [5.74, 6) is 0.612. The van der Waals surface area contributed by atoms with Gasteiger partial charge >= 0.3 is 0 Å². The summed E-state index contributed by atoms with van der Waals surface area (Å²) in [6.07, 6.45) is 0. The Balaban J connectivity index is 1.79. The summed E-state index contributed by atoms with van der Waals surface area (Å²) >= 11 is 0. The van der Waals surface area contributed by atoms with Crippen LogP contribution < -0.4 is 9.46 Å². The maximum absolute atomic E-state index is 12.4. The fraction of sp³-hybridized carbons (Fsp3) is 0.0526. The zero-order valence-electron chi connectivity index (χ0n) is 13.1. The van der Waals surface area contributed by atoms with Crippen LogP contribution in [-0.2, 0) is 10.0 Å². The van der Waals surface area contributed by atoms with E-state index in [1.807, 2.05) is 42.5 Å². The molecule has 1 N–H and O–H groups in total. The lowest BCUT2D eigenvalue weighted by atomic mass is 10.1. The van der Waals surface area contributed by atoms with E-state index in [1.54, 1.807) is 24.3 Å². The number of methoxy groups -OCH3 is 1. The van der Waals surface area contributed by atoms with E-state index in [1.165, 1.54) is 19.2 Å². The Labute approximate surface area is 141 Å². The standard InChI is InChI=1S/C19H17NO3S/c1-23-18-11-13-19(14-12-18)24(21,22)20-17-9-7-16(8-10-17)15-5-3-2-4-6-15/h2-14,20H,1H3. The largest absolute Gasteiger partial charge is 0.497 e. The molecule has 3 aromatic carbocycles. The smallest absolute Gasteiger partial charge is 0.261 e. The van der Waals surface area contributed by atoms with Gasteiger partial charge in [0.05, 0.1) is 12.0 Å². The van der Waals surface area contributed by atoms with Crippen molar-refractivity contribution in [1.82, 2.24) is 0 Å². The minimum Gasteiger partial charge on any atom is -0.497 e. The van der Waals surface area contributed by atoms with E-state index < -0.39 is 10.0 Å². The molecule has 0 atom stereocenters. The Morgan fingerprint density at radius 2 is 1.33 bits per heavy atom. The van der Waals surface area contributed by atoms with Gasteiger partial charge < -0.3 is 4.74 Å². The van der Waals surface area contributed by atoms with Gasteiger partial charge in [0, 0.05) is 5.69 Å². The number of hydrogen-bond acceptors (Lipinski definition) is 3. The molecule has 0 radical (unpaired) electrons. The number of ether oxygens (including phenoxy) is 1. The predicted molar refractivity (Wildman–Crippen MR) is 95.7 cm³/mol. The summed E-state index contributed by atoms with van der Waals surface area (Å²) in [5.41, 5.74) is 2.63. The van der Waals surface area contributed by atoms with Gasteiger partial charge in [-0.15, -0.1) is 0 Å². The summed E-state index contributed by atoms with van der Waals surface area (Å²) in [7, 11) is -2.08. The third-order valence-corrected chi connectivity index (χ3v) is 5.01. The van der Waals surface area contributed by atoms with Gasteiger partial charge in [0.25, 0.3) is 10.0 Å². The second-order valence-corrected chi connectivity index (χ2v) is 6.91. The summed E-state index contributed by atoms with van der Waals surface area (Å²) in [6.45, 7) is 0. The molecule has 0 aliphatic rings. The van der Waals surface area contributed by atoms with Crippen LogP contribution in [0.1, 0.15) is 0 Å². The van der Waals surface area contributed by atoms with E-state index in [0.717, 1.165) is 11.1 Å². The zero-order valence-corrected chi connectivity index (χ0v) is 14.0. The Kier molecular flexibility index (Phi) is 4.53. The van der Waals surface area contributed by atoms with Crippen molar-refractivity contribution >= 4 is 15.7 Å². The third kappa shape index (κ3) is 3.58. The van der Waals surface area contributed by atoms with Gasteiger partial charge in [-0.25, -0.2) is 8.42 Å². The van der Waals surface area contributed by atoms with Crippen LogP contribution in [0.5, 0.6) is 5.75 Å². The first-order valence-corrected chi connectivity index (χ1v) is 8.89. The number of hydrogen-bond donors (Lipinski definition) is 1. The van der Waals surface area contributed by atoms with Crippen molar-refractivity contribution in [2.24, 2.45) is 0 Å². The van der Waals surface area contributed by atoms with Gasteiger partial charge in [0.1, 0.15) is 5.75 Å². The fourth-order valence-electron chi connectivity index (χ4n) is 2.33. The Morgan fingerprint density at radius 3 is 1.92 bits per heavy atom. The molecule has 122 valence electrons. The highest BCUT2D eigenvalue weighted by molar-refractivity contribution is 7.92. The fourth-order valence-corrected chi connectivity index (χ4v) is 3.39. The predicted octanol–water partition coefficient (Wildman–Crippen LogP) is 4.16. The second-order valence-electron chi connectivity index (χ2n) is 5.22. The van der Waals surface area contributed by atoms with E-state index in [4.69, 9.17) is 4.74 Å². The topological polar surface area (TPSA) is 55.4 Å². The molecule has 0 aliphatic carbocycles. The highest BCUT2D eigenvalue weighted by atomic mass is 32.2. The van der Waals surface area contributed by atoms with Crippen molar-refractivity contribution in [2.75, 3.05) is 11.8 Å². The van der Waals surface area contributed by atoms with Crippen LogP contribution in [0.3, 0.4) is 0 Å². The molecule has 0 spiro atoms. The third-order valence-electron chi connectivity index (χ3n) is 3.61. The Bertz CT molecular complexity index is 903. The van der Waals surface area contributed by atoms with Gasteiger partial charge in [-0.05, 0) is 47.5 Å². The monoisotopic (exact) mass is 339 g/mol. The molecule has 0 unspecified atom stereocenters. The van der Waals surface area contributed by atoms with E-state index in [0.29, 0.717) is 11.4 Å². The van der Waals surface area contributed by atoms with E-state index in [2.05, 4.69) is 4.72 Å². The Morgan fingerprint density at radius 1 is 0.750 bits per heavy atom. The van der Waals surface area contributed by atoms with Gasteiger partial charge in [-0.3, -0.25) is 4.72 Å². The van der Waals surface area contributed by atoms with Crippen LogP contribution in [-0.4, -0.2) is 15.5 Å². The van der Waals surface area contributed by atoms with E-state index >= 15 is 0 Å². The van der Waals surface area contributed by atoms with Crippen molar-refractivity contribution in [1.29, 1.82) is 0 Å². The van der Waals surface area contributed by atoms with Gasteiger partial charge in [-0.2, -0.15) is 0 Å². The first-order chi connectivity index (χ1) is 11.6. The number of rotatable bonds is 5. The highest BCUT2D eigenvalue weighted by Crippen LogP contribution is 2.23. The molecule has 24 heavy (non-hydrogen) atoms. The maximum atomic E-state index is 12.4. The van der Waals surface area contributed by atoms with Crippen LogP contribution in [0.25, 0.3) is 11.1 Å². The second kappa shape index (κ2) is 6.76. The highest BCUT2D eigenvalue weighted by Gasteiger charge is 2.14. The molecule has 0 aromatic heterocycles. The van der Waals surface area contributed by atoms with Crippen LogP contribution in [0, 0.1) is 0 Å². The van der Waals surface area contributed by atoms with Crippen molar-refractivity contribution < 1.29 is 13.2 Å². The summed E-state index contributed by atoms with van der Waals surface area (Å²) in [5, 5.41) is 0. The molecule has 0 saturated heterocycles. The van der Waals surface area contributed by atoms with Gasteiger partial charge in [0.2, 0.25) is 0 Å². The number of benzene rings is 3. The molecule has 0 heterocycles. The molecular weight excluding hydrogens is 322 g/mol. The number of sulfonamides is 1. The van der Waals surface area contributed by atoms with Crippen molar-refractivity contribution in [3.63, 3.8) is 0 Å². The van der Waals surface area contributed by atoms with Gasteiger partial charge in [-0.1, -0.05) is 42.5 Å². The van der Waals surface area contributed by atoms with E-state index in [9.17, 15) is 8.42 Å². The molecule has 0 aliphatic heterocycles. The van der Waals surface area contributed by atoms with Crippen LogP contribution >= 0.6 is 0 Å². The molecule has 0 saturated carbocycles. The molecule has 4 nitrogen and oxygen atoms in total. The van der Waals surface area contributed by atoms with Crippen molar-refractivity contribution in [3.8, 4) is 16.9 Å². The van der Waals surface area contributed by atoms with Crippen LogP contribution in [0.15, 0.2) is 83.8 Å². The first-order valence-electron chi connectivity index (χ1n) is 7.41. The average molecular weight is 339 g/mol. The minimum absolute atomic E-state index is 0.190. The number of anilines is 1. The maximum Gasteiger partial charge on any atom is 0.261 e. The minimum atomic E-state index is -3.62. The molecule has 0 fully saturated rings. The number of nitrogens with one attached hydrogen (secondary N) is 1. The summed E-state index contributed by atoms with van der Waals surface area (Å²) in [6, 6.07) is 23.5. The zero-order chi connectivity index (χ0) is 17.0. The lowest BCUT2D eigenvalue weighted by Crippen LogP contribution is -2.12. The van der Waals surface area contributed by atoms with Crippen molar-refractivity contribution in [2.45, 2.75) is 4.90 Å². The van der Waals surface area contributed by atoms with Gasteiger partial charge in [0.15, 0.2) is 0 Å². The quantitative estimate of drug-likeness (QED) is 0.759. The SMILES string of the molecule is COc1ccc(S(=O)(=O)Nc2ccc(-c3ccccc3)cc2)cc1. The lowest BCUT2D eigenvalue weighted by Gasteiger charge is -2.09. The van der Waals surface area contributed by atoms with Crippen LogP contribution in [0.2, 0.25) is 0 Å². The molecule has 0 amide bonds. The van der Waals surface area contributed by atoms with Crippen LogP contribution in [0.4, 0.5) is 5.69 Å². The first kappa shape index (κ1) is 16.1. The molecule has 5 heteroatoms. The lowest BCUT2D eigenvalue weighted by molar-refractivity contribution is 0.414. The summed E-state index contributed by atoms with van der Waals surface area (Å²) < 4.78 is 32.4. The molecule has 3 aromatic rings.